The highest BCUT2D eigenvalue weighted by atomic mass is 35.5. The highest BCUT2D eigenvalue weighted by Gasteiger charge is 2.47. The molecular weight excluding hydrogens is 574 g/mol. The molecule has 5 aromatic heterocycles. The molecule has 0 amide bonds. The summed E-state index contributed by atoms with van der Waals surface area (Å²) < 4.78 is 8.45. The normalized spacial score (nSPS) is 16.9. The minimum atomic E-state index is -0.810. The molecule has 1 aliphatic rings. The van der Waals surface area contributed by atoms with Crippen molar-refractivity contribution >= 4 is 51.6 Å². The first-order valence-corrected chi connectivity index (χ1v) is 14.2. The second-order valence-corrected chi connectivity index (χ2v) is 10.7. The van der Waals surface area contributed by atoms with E-state index in [9.17, 15) is 4.79 Å². The van der Waals surface area contributed by atoms with Gasteiger partial charge in [0.25, 0.3) is 5.56 Å². The van der Waals surface area contributed by atoms with Gasteiger partial charge in [0.15, 0.2) is 11.5 Å². The Kier molecular flexibility index (Phi) is 6.43. The molecule has 0 aliphatic carbocycles. The first-order valence-electron chi connectivity index (χ1n) is 13.3. The third kappa shape index (κ3) is 3.97. The molecule has 0 spiro atoms. The van der Waals surface area contributed by atoms with E-state index < -0.39 is 5.54 Å². The Labute approximate surface area is 249 Å². The molecule has 6 aromatic rings. The monoisotopic (exact) mass is 597 g/mol. The fourth-order valence-electron chi connectivity index (χ4n) is 5.91. The van der Waals surface area contributed by atoms with Crippen LogP contribution < -0.4 is 15.2 Å². The molecule has 1 aliphatic heterocycles. The van der Waals surface area contributed by atoms with Gasteiger partial charge >= 0.3 is 0 Å². The highest BCUT2D eigenvalue weighted by Crippen LogP contribution is 2.46. The number of halogens is 1. The number of hydrogen-bond acceptors (Lipinski definition) is 9. The lowest BCUT2D eigenvalue weighted by Crippen LogP contribution is -2.47. The van der Waals surface area contributed by atoms with Crippen LogP contribution in [0, 0.1) is 0 Å². The summed E-state index contributed by atoms with van der Waals surface area (Å²) in [5.74, 6) is 1.71. The first-order chi connectivity index (χ1) is 20.6. The predicted molar refractivity (Wildman–Crippen MR) is 164 cm³/mol. The minimum absolute atomic E-state index is 0.266. The highest BCUT2D eigenvalue weighted by molar-refractivity contribution is 7.78. The molecule has 1 fully saturated rings. The number of ether oxygens (including phenoxy) is 1. The summed E-state index contributed by atoms with van der Waals surface area (Å²) in [6.07, 6.45) is 6.86. The van der Waals surface area contributed by atoms with E-state index in [0.29, 0.717) is 58.8 Å². The van der Waals surface area contributed by atoms with Crippen molar-refractivity contribution in [3.63, 3.8) is 0 Å². The molecule has 210 valence electrons. The van der Waals surface area contributed by atoms with Crippen LogP contribution >= 0.6 is 23.8 Å². The second kappa shape index (κ2) is 10.3. The molecule has 1 atom stereocenters. The topological polar surface area (TPSA) is 119 Å². The summed E-state index contributed by atoms with van der Waals surface area (Å²) in [4.78, 5) is 29.9. The van der Waals surface area contributed by atoms with E-state index in [2.05, 4.69) is 25.1 Å². The Bertz CT molecular complexity index is 2010. The van der Waals surface area contributed by atoms with Gasteiger partial charge in [-0.25, -0.2) is 19.5 Å². The maximum absolute atomic E-state index is 14.1. The Balaban J connectivity index is 1.50. The van der Waals surface area contributed by atoms with Gasteiger partial charge in [-0.15, -0.1) is 0 Å². The van der Waals surface area contributed by atoms with E-state index in [-0.39, 0.29) is 5.56 Å². The van der Waals surface area contributed by atoms with E-state index in [0.717, 1.165) is 23.1 Å². The van der Waals surface area contributed by atoms with E-state index in [4.69, 9.17) is 38.6 Å². The van der Waals surface area contributed by atoms with Gasteiger partial charge in [-0.2, -0.15) is 10.2 Å². The Morgan fingerprint density at radius 1 is 1.14 bits per heavy atom. The molecule has 6 heterocycles. The van der Waals surface area contributed by atoms with Gasteiger partial charge < -0.3 is 9.64 Å². The molecule has 1 aromatic carbocycles. The SMILES string of the molecule is COc1ccc(-c2[nH]nc3ncnc(N4CCCC4(CC=S)c4nn5ccc(Cl)c5c(=O)n4-c4ccccc4)c23)cn1. The maximum Gasteiger partial charge on any atom is 0.284 e. The van der Waals surface area contributed by atoms with Gasteiger partial charge in [0.2, 0.25) is 5.88 Å². The van der Waals surface area contributed by atoms with Crippen molar-refractivity contribution in [3.05, 3.63) is 88.5 Å². The van der Waals surface area contributed by atoms with E-state index in [1.807, 2.05) is 36.4 Å². The van der Waals surface area contributed by atoms with E-state index >= 15 is 0 Å². The molecular formula is C29H24ClN9O2S. The average molecular weight is 598 g/mol. The molecule has 0 radical (unpaired) electrons. The van der Waals surface area contributed by atoms with Crippen molar-refractivity contribution in [1.29, 1.82) is 0 Å². The van der Waals surface area contributed by atoms with Gasteiger partial charge in [0.05, 0.1) is 28.9 Å². The van der Waals surface area contributed by atoms with Crippen molar-refractivity contribution in [1.82, 2.24) is 39.3 Å². The van der Waals surface area contributed by atoms with Crippen molar-refractivity contribution in [2.24, 2.45) is 0 Å². The predicted octanol–water partition coefficient (Wildman–Crippen LogP) is 4.76. The van der Waals surface area contributed by atoms with Crippen molar-refractivity contribution in [2.75, 3.05) is 18.6 Å². The maximum atomic E-state index is 14.1. The number of nitrogens with zero attached hydrogens (tertiary/aromatic N) is 8. The van der Waals surface area contributed by atoms with Crippen molar-refractivity contribution in [3.8, 4) is 22.8 Å². The van der Waals surface area contributed by atoms with Crippen LogP contribution in [0.15, 0.2) is 72.0 Å². The number of para-hydroxylation sites is 1. The Morgan fingerprint density at radius 2 is 2.00 bits per heavy atom. The molecule has 1 saturated heterocycles. The lowest BCUT2D eigenvalue weighted by Gasteiger charge is -2.39. The first kappa shape index (κ1) is 26.2. The molecule has 13 heteroatoms. The third-order valence-electron chi connectivity index (χ3n) is 7.80. The summed E-state index contributed by atoms with van der Waals surface area (Å²) in [6.45, 7) is 0.649. The second-order valence-electron chi connectivity index (χ2n) is 10.00. The summed E-state index contributed by atoms with van der Waals surface area (Å²) in [6, 6.07) is 14.8. The van der Waals surface area contributed by atoms with Gasteiger partial charge in [0.1, 0.15) is 23.2 Å². The van der Waals surface area contributed by atoms with Crippen LogP contribution in [0.25, 0.3) is 33.5 Å². The number of H-pyrrole nitrogens is 1. The number of benzene rings is 1. The van der Waals surface area contributed by atoms with Crippen molar-refractivity contribution < 1.29 is 4.74 Å². The molecule has 0 bridgehead atoms. The molecule has 0 saturated carbocycles. The smallest absolute Gasteiger partial charge is 0.284 e. The number of pyridine rings is 1. The fourth-order valence-corrected chi connectivity index (χ4v) is 6.41. The number of nitrogens with one attached hydrogen (secondary N) is 1. The van der Waals surface area contributed by atoms with Gasteiger partial charge in [0, 0.05) is 37.0 Å². The van der Waals surface area contributed by atoms with E-state index in [1.54, 1.807) is 46.1 Å². The Hall–Kier alpha value is -4.68. The largest absolute Gasteiger partial charge is 0.481 e. The van der Waals surface area contributed by atoms with Gasteiger partial charge in [-0.05, 0) is 42.5 Å². The van der Waals surface area contributed by atoms with E-state index in [1.165, 1.54) is 6.33 Å². The lowest BCUT2D eigenvalue weighted by atomic mass is 9.90. The summed E-state index contributed by atoms with van der Waals surface area (Å²) >= 11 is 12.0. The van der Waals surface area contributed by atoms with Crippen LogP contribution in [0.3, 0.4) is 0 Å². The zero-order valence-corrected chi connectivity index (χ0v) is 24.0. The van der Waals surface area contributed by atoms with Gasteiger partial charge in [-0.3, -0.25) is 14.5 Å². The molecule has 1 N–H and O–H groups in total. The van der Waals surface area contributed by atoms with Crippen LogP contribution in [0.2, 0.25) is 5.02 Å². The van der Waals surface area contributed by atoms with Crippen LogP contribution in [-0.4, -0.2) is 58.4 Å². The standard InChI is InChI=1S/C29H24ClN9O2S/c1-41-21-9-8-18(16-31-21)23-22-25(35-34-23)32-17-33-26(22)37-13-5-11-29(37,12-15-42)28-36-38-14-10-20(30)24(38)27(40)39(28)19-6-3-2-4-7-19/h2-4,6-10,14-17H,5,11-13H2,1H3,(H,32,33,34,35). The van der Waals surface area contributed by atoms with Crippen LogP contribution in [0.1, 0.15) is 25.1 Å². The fraction of sp³-hybridized carbons (Fsp3) is 0.207. The number of aromatic amines is 1. The molecule has 7 rings (SSSR count). The number of aromatic nitrogens is 8. The summed E-state index contributed by atoms with van der Waals surface area (Å²) in [7, 11) is 1.57. The minimum Gasteiger partial charge on any atom is -0.481 e. The van der Waals surface area contributed by atoms with Crippen LogP contribution in [-0.2, 0) is 5.54 Å². The number of methoxy groups -OCH3 is 1. The number of hydrogen-bond donors (Lipinski definition) is 1. The van der Waals surface area contributed by atoms with Crippen molar-refractivity contribution in [2.45, 2.75) is 24.8 Å². The average Bonchev–Trinajstić information content (AvgIpc) is 3.75. The number of fused-ring (bicyclic) bond motifs is 2. The summed E-state index contributed by atoms with van der Waals surface area (Å²) in [5, 5.41) is 15.4. The molecule has 1 unspecified atom stereocenters. The third-order valence-corrected chi connectivity index (χ3v) is 8.27. The zero-order valence-electron chi connectivity index (χ0n) is 22.4. The number of thiocarbonyl (C=S) groups is 1. The number of rotatable bonds is 7. The molecule has 42 heavy (non-hydrogen) atoms. The summed E-state index contributed by atoms with van der Waals surface area (Å²) in [5.41, 5.74) is 1.95. The zero-order chi connectivity index (χ0) is 28.8. The lowest BCUT2D eigenvalue weighted by molar-refractivity contribution is 0.398. The molecule has 11 nitrogen and oxygen atoms in total. The Morgan fingerprint density at radius 3 is 2.76 bits per heavy atom. The van der Waals surface area contributed by atoms with Gasteiger partial charge in [-0.1, -0.05) is 42.0 Å². The quantitative estimate of drug-likeness (QED) is 0.260. The van der Waals surface area contributed by atoms with Crippen LogP contribution in [0.4, 0.5) is 5.82 Å². The van der Waals surface area contributed by atoms with Crippen LogP contribution in [0.5, 0.6) is 5.88 Å². The number of anilines is 1.